The second-order valence-corrected chi connectivity index (χ2v) is 2.76. The molecule has 0 fully saturated rings. The SMILES string of the molecule is C=CC(=NO)c1ccc(OC)c(OC)c1. The third-order valence-corrected chi connectivity index (χ3v) is 1.98. The van der Waals surface area contributed by atoms with Crippen LogP contribution in [0.2, 0.25) is 0 Å². The van der Waals surface area contributed by atoms with Gasteiger partial charge in [-0.25, -0.2) is 0 Å². The summed E-state index contributed by atoms with van der Waals surface area (Å²) in [5, 5.41) is 11.8. The molecule has 0 aliphatic heterocycles. The largest absolute Gasteiger partial charge is 0.493 e. The number of methoxy groups -OCH3 is 2. The van der Waals surface area contributed by atoms with Gasteiger partial charge in [0.15, 0.2) is 11.5 Å². The molecule has 0 aliphatic carbocycles. The monoisotopic (exact) mass is 207 g/mol. The molecule has 0 amide bonds. The number of oxime groups is 1. The van der Waals surface area contributed by atoms with Crippen molar-refractivity contribution in [1.82, 2.24) is 0 Å². The van der Waals surface area contributed by atoms with Crippen molar-refractivity contribution in [2.45, 2.75) is 0 Å². The highest BCUT2D eigenvalue weighted by Crippen LogP contribution is 2.27. The fraction of sp³-hybridized carbons (Fsp3) is 0.182. The Hall–Kier alpha value is -1.97. The van der Waals surface area contributed by atoms with Gasteiger partial charge in [0.2, 0.25) is 0 Å². The topological polar surface area (TPSA) is 51.1 Å². The lowest BCUT2D eigenvalue weighted by Crippen LogP contribution is -1.98. The minimum absolute atomic E-state index is 0.385. The first-order chi connectivity index (χ1) is 7.26. The van der Waals surface area contributed by atoms with Gasteiger partial charge < -0.3 is 14.7 Å². The highest BCUT2D eigenvalue weighted by Gasteiger charge is 2.07. The minimum atomic E-state index is 0.385. The van der Waals surface area contributed by atoms with Crippen molar-refractivity contribution in [3.05, 3.63) is 36.4 Å². The Morgan fingerprint density at radius 2 is 2.00 bits per heavy atom. The van der Waals surface area contributed by atoms with E-state index in [0.29, 0.717) is 22.8 Å². The van der Waals surface area contributed by atoms with Gasteiger partial charge in [0.1, 0.15) is 5.71 Å². The molecular formula is C11H13NO3. The summed E-state index contributed by atoms with van der Waals surface area (Å²) < 4.78 is 10.2. The predicted octanol–water partition coefficient (Wildman–Crippen LogP) is 2.07. The Labute approximate surface area is 88.4 Å². The number of allylic oxidation sites excluding steroid dienone is 1. The molecule has 80 valence electrons. The Morgan fingerprint density at radius 3 is 2.47 bits per heavy atom. The van der Waals surface area contributed by atoms with Gasteiger partial charge in [0.05, 0.1) is 14.2 Å². The van der Waals surface area contributed by atoms with Crippen LogP contribution in [0.5, 0.6) is 11.5 Å². The number of ether oxygens (including phenoxy) is 2. The maximum atomic E-state index is 8.71. The van der Waals surface area contributed by atoms with Crippen molar-refractivity contribution in [1.29, 1.82) is 0 Å². The first-order valence-corrected chi connectivity index (χ1v) is 4.33. The average molecular weight is 207 g/mol. The molecule has 1 N–H and O–H groups in total. The summed E-state index contributed by atoms with van der Waals surface area (Å²) in [5.74, 6) is 1.21. The molecule has 0 saturated heterocycles. The van der Waals surface area contributed by atoms with Crippen molar-refractivity contribution >= 4 is 5.71 Å². The van der Waals surface area contributed by atoms with Gasteiger partial charge in [0.25, 0.3) is 0 Å². The summed E-state index contributed by atoms with van der Waals surface area (Å²) in [6, 6.07) is 5.22. The lowest BCUT2D eigenvalue weighted by atomic mass is 10.1. The molecule has 4 heteroatoms. The summed E-state index contributed by atoms with van der Waals surface area (Å²) in [4.78, 5) is 0. The third-order valence-electron chi connectivity index (χ3n) is 1.98. The van der Waals surface area contributed by atoms with E-state index in [9.17, 15) is 0 Å². The molecule has 0 spiro atoms. The quantitative estimate of drug-likeness (QED) is 0.467. The number of hydrogen-bond donors (Lipinski definition) is 1. The van der Waals surface area contributed by atoms with Crippen LogP contribution in [0, 0.1) is 0 Å². The van der Waals surface area contributed by atoms with Gasteiger partial charge >= 0.3 is 0 Å². The lowest BCUT2D eigenvalue weighted by molar-refractivity contribution is 0.320. The van der Waals surface area contributed by atoms with Gasteiger partial charge in [-0.2, -0.15) is 0 Å². The summed E-state index contributed by atoms with van der Waals surface area (Å²) >= 11 is 0. The van der Waals surface area contributed by atoms with E-state index in [0.717, 1.165) is 0 Å². The first-order valence-electron chi connectivity index (χ1n) is 4.33. The molecular weight excluding hydrogens is 194 g/mol. The van der Waals surface area contributed by atoms with E-state index in [1.807, 2.05) is 0 Å². The van der Waals surface area contributed by atoms with E-state index < -0.39 is 0 Å². The van der Waals surface area contributed by atoms with Crippen LogP contribution in [0.25, 0.3) is 0 Å². The van der Waals surface area contributed by atoms with Crippen LogP contribution in [0.4, 0.5) is 0 Å². The Kier molecular flexibility index (Phi) is 3.74. The van der Waals surface area contributed by atoms with Crippen LogP contribution in [-0.2, 0) is 0 Å². The molecule has 1 rings (SSSR count). The van der Waals surface area contributed by atoms with Crippen molar-refractivity contribution < 1.29 is 14.7 Å². The zero-order chi connectivity index (χ0) is 11.3. The number of rotatable bonds is 4. The summed E-state index contributed by atoms with van der Waals surface area (Å²) in [7, 11) is 3.11. The Bertz CT molecular complexity index is 385. The molecule has 1 aromatic carbocycles. The average Bonchev–Trinajstić information content (AvgIpc) is 2.30. The van der Waals surface area contributed by atoms with Crippen molar-refractivity contribution in [2.75, 3.05) is 14.2 Å². The highest BCUT2D eigenvalue weighted by molar-refractivity contribution is 6.08. The Balaban J connectivity index is 3.18. The second-order valence-electron chi connectivity index (χ2n) is 2.76. The second kappa shape index (κ2) is 5.05. The Morgan fingerprint density at radius 1 is 1.33 bits per heavy atom. The fourth-order valence-corrected chi connectivity index (χ4v) is 1.21. The smallest absolute Gasteiger partial charge is 0.161 e. The summed E-state index contributed by atoms with van der Waals surface area (Å²) in [5.41, 5.74) is 1.10. The summed E-state index contributed by atoms with van der Waals surface area (Å²) in [6.07, 6.45) is 1.46. The standard InChI is InChI=1S/C11H13NO3/c1-4-9(12-13)8-5-6-10(14-2)11(7-8)15-3/h4-7,13H,1H2,2-3H3. The first kappa shape index (κ1) is 11.1. The normalized spacial score (nSPS) is 10.9. The van der Waals surface area contributed by atoms with Gasteiger partial charge in [-0.3, -0.25) is 0 Å². The molecule has 0 atom stereocenters. The molecule has 0 heterocycles. The molecule has 0 bridgehead atoms. The van der Waals surface area contributed by atoms with Gasteiger partial charge in [-0.15, -0.1) is 0 Å². The fourth-order valence-electron chi connectivity index (χ4n) is 1.21. The van der Waals surface area contributed by atoms with Crippen LogP contribution >= 0.6 is 0 Å². The van der Waals surface area contributed by atoms with Gasteiger partial charge in [-0.1, -0.05) is 11.7 Å². The van der Waals surface area contributed by atoms with Gasteiger partial charge in [-0.05, 0) is 24.3 Å². The van der Waals surface area contributed by atoms with E-state index in [4.69, 9.17) is 14.7 Å². The summed E-state index contributed by atoms with van der Waals surface area (Å²) in [6.45, 7) is 3.54. The van der Waals surface area contributed by atoms with Crippen molar-refractivity contribution in [2.24, 2.45) is 5.16 Å². The molecule has 0 unspecified atom stereocenters. The predicted molar refractivity (Wildman–Crippen MR) is 58.1 cm³/mol. The molecule has 0 aliphatic rings. The van der Waals surface area contributed by atoms with Crippen LogP contribution < -0.4 is 9.47 Å². The minimum Gasteiger partial charge on any atom is -0.493 e. The zero-order valence-corrected chi connectivity index (χ0v) is 8.73. The number of benzene rings is 1. The maximum absolute atomic E-state index is 8.71. The molecule has 0 radical (unpaired) electrons. The van der Waals surface area contributed by atoms with Crippen LogP contribution in [0.3, 0.4) is 0 Å². The van der Waals surface area contributed by atoms with Crippen LogP contribution in [0.15, 0.2) is 36.0 Å². The van der Waals surface area contributed by atoms with E-state index in [-0.39, 0.29) is 0 Å². The van der Waals surface area contributed by atoms with Crippen molar-refractivity contribution in [3.63, 3.8) is 0 Å². The third kappa shape index (κ3) is 2.28. The van der Waals surface area contributed by atoms with E-state index in [1.165, 1.54) is 6.08 Å². The van der Waals surface area contributed by atoms with E-state index in [2.05, 4.69) is 11.7 Å². The zero-order valence-electron chi connectivity index (χ0n) is 8.73. The molecule has 1 aromatic rings. The van der Waals surface area contributed by atoms with Crippen LogP contribution in [0.1, 0.15) is 5.56 Å². The molecule has 0 aromatic heterocycles. The van der Waals surface area contributed by atoms with Crippen molar-refractivity contribution in [3.8, 4) is 11.5 Å². The van der Waals surface area contributed by atoms with Crippen LogP contribution in [-0.4, -0.2) is 25.1 Å². The molecule has 0 saturated carbocycles. The van der Waals surface area contributed by atoms with E-state index in [1.54, 1.807) is 32.4 Å². The van der Waals surface area contributed by atoms with E-state index >= 15 is 0 Å². The van der Waals surface area contributed by atoms with Gasteiger partial charge in [0, 0.05) is 5.56 Å². The highest BCUT2D eigenvalue weighted by atomic mass is 16.5. The molecule has 4 nitrogen and oxygen atoms in total. The number of hydrogen-bond acceptors (Lipinski definition) is 4. The molecule has 15 heavy (non-hydrogen) atoms. The lowest BCUT2D eigenvalue weighted by Gasteiger charge is -2.08. The maximum Gasteiger partial charge on any atom is 0.161 e. The number of nitrogens with zero attached hydrogens (tertiary/aromatic N) is 1.